The second-order valence-corrected chi connectivity index (χ2v) is 8.12. The van der Waals surface area contributed by atoms with E-state index in [-0.39, 0.29) is 0 Å². The Morgan fingerprint density at radius 2 is 0.522 bits per heavy atom. The zero-order valence-electron chi connectivity index (χ0n) is 19.3. The van der Waals surface area contributed by atoms with Gasteiger partial charge in [0.1, 0.15) is 0 Å². The minimum atomic E-state index is -8.61. The van der Waals surface area contributed by atoms with Crippen LogP contribution >= 0.6 is 0 Å². The van der Waals surface area contributed by atoms with Crippen molar-refractivity contribution in [2.24, 2.45) is 0 Å². The van der Waals surface area contributed by atoms with Gasteiger partial charge in [0.25, 0.3) is 0 Å². The number of ether oxygens (including phenoxy) is 6. The number of halogens is 26. The molecular weight excluding hydrogens is 758 g/mol. The van der Waals surface area contributed by atoms with Gasteiger partial charge in [-0.1, -0.05) is 0 Å². The third-order valence-corrected chi connectivity index (χ3v) is 4.82. The molecule has 274 valence electrons. The molecule has 0 amide bonds. The van der Waals surface area contributed by atoms with E-state index in [1.165, 1.54) is 9.47 Å². The molecule has 32 heteroatoms. The lowest BCUT2D eigenvalue weighted by atomic mass is 10.2. The highest BCUT2D eigenvalue weighted by Crippen LogP contribution is 2.65. The molecule has 2 aliphatic heterocycles. The lowest BCUT2D eigenvalue weighted by molar-refractivity contribution is -0.587. The summed E-state index contributed by atoms with van der Waals surface area (Å²) in [7, 11) is 0. The van der Waals surface area contributed by atoms with Crippen molar-refractivity contribution in [2.75, 3.05) is 0 Å². The molecule has 0 aromatic carbocycles. The molecule has 2 saturated heterocycles. The molecule has 4 unspecified atom stereocenters. The summed E-state index contributed by atoms with van der Waals surface area (Å²) in [5, 5.41) is 0. The monoisotopic (exact) mass is 758 g/mol. The van der Waals surface area contributed by atoms with Gasteiger partial charge in [0.05, 0.1) is 0 Å². The lowest BCUT2D eigenvalue weighted by Crippen LogP contribution is -2.68. The Hall–Kier alpha value is -2.06. The first-order chi connectivity index (χ1) is 19.5. The van der Waals surface area contributed by atoms with Gasteiger partial charge in [0.2, 0.25) is 0 Å². The molecule has 0 aromatic heterocycles. The smallest absolute Gasteiger partial charge is 0.263 e. The quantitative estimate of drug-likeness (QED) is 0.142. The third-order valence-electron chi connectivity index (χ3n) is 4.82. The molecule has 6 nitrogen and oxygen atoms in total. The molecule has 0 aromatic rings. The van der Waals surface area contributed by atoms with Crippen molar-refractivity contribution in [2.45, 2.75) is 84.6 Å². The van der Waals surface area contributed by atoms with E-state index in [9.17, 15) is 114 Å². The number of alkyl halides is 26. The maximum atomic E-state index is 14.1. The van der Waals surface area contributed by atoms with Crippen LogP contribution in [0.5, 0.6) is 0 Å². The van der Waals surface area contributed by atoms with Gasteiger partial charge >= 0.3 is 84.6 Å². The summed E-state index contributed by atoms with van der Waals surface area (Å²) in [6.07, 6.45) is -77.3. The standard InChI is InChI=1S/C14F26O6/c15-1(5(19,20)21,7(25,26)45-11(33,34)3(17)9(29,30)43-3)41-13(37,38)14(39,40)42-2(16,6(22,23)24)8(27,28)46-12(35,36)4(18)10(31,32)44-4. The van der Waals surface area contributed by atoms with Crippen LogP contribution in [0.3, 0.4) is 0 Å². The van der Waals surface area contributed by atoms with Crippen LogP contribution in [0.1, 0.15) is 0 Å². The van der Waals surface area contributed by atoms with E-state index in [1.807, 2.05) is 0 Å². The maximum absolute atomic E-state index is 14.1. The Morgan fingerprint density at radius 1 is 0.326 bits per heavy atom. The van der Waals surface area contributed by atoms with Gasteiger partial charge in [-0.3, -0.25) is 18.9 Å². The fourth-order valence-electron chi connectivity index (χ4n) is 2.38. The number of hydrogen-bond acceptors (Lipinski definition) is 6. The molecule has 2 heterocycles. The van der Waals surface area contributed by atoms with E-state index in [1.54, 1.807) is 0 Å². The first-order valence-electron chi connectivity index (χ1n) is 9.61. The highest BCUT2D eigenvalue weighted by atomic mass is 19.4. The fraction of sp³-hybridized carbons (Fsp3) is 1.00. The average Bonchev–Trinajstić information content (AvgIpc) is 3.49. The van der Waals surface area contributed by atoms with Gasteiger partial charge in [0, 0.05) is 0 Å². The Balaban J connectivity index is 2.55. The first-order valence-corrected chi connectivity index (χ1v) is 9.61. The Bertz CT molecular complexity index is 1090. The normalized spacial score (nSPS) is 28.8. The van der Waals surface area contributed by atoms with Crippen molar-refractivity contribution in [3.05, 3.63) is 0 Å². The second-order valence-electron chi connectivity index (χ2n) is 8.12. The molecule has 2 aliphatic rings. The molecule has 0 saturated carbocycles. The van der Waals surface area contributed by atoms with E-state index in [4.69, 9.17) is 0 Å². The van der Waals surface area contributed by atoms with Gasteiger partial charge in [-0.2, -0.15) is 114 Å². The van der Waals surface area contributed by atoms with Crippen LogP contribution in [-0.4, -0.2) is 84.6 Å². The minimum absolute atomic E-state index is 1.11. The van der Waals surface area contributed by atoms with Gasteiger partial charge < -0.3 is 0 Å². The predicted molar refractivity (Wildman–Crippen MR) is 73.6 cm³/mol. The number of epoxide rings is 2. The van der Waals surface area contributed by atoms with Crippen LogP contribution in [0, 0.1) is 0 Å². The zero-order chi connectivity index (χ0) is 37.2. The van der Waals surface area contributed by atoms with Crippen LogP contribution in [-0.2, 0) is 28.4 Å². The Morgan fingerprint density at radius 3 is 0.674 bits per heavy atom. The Kier molecular flexibility index (Phi) is 8.52. The van der Waals surface area contributed by atoms with Gasteiger partial charge in [-0.05, 0) is 0 Å². The highest BCUT2D eigenvalue weighted by molar-refractivity contribution is 5.03. The maximum Gasteiger partial charge on any atom is 0.458 e. The predicted octanol–water partition coefficient (Wildman–Crippen LogP) is 7.64. The average molecular weight is 758 g/mol. The molecule has 2 rings (SSSR count). The zero-order valence-corrected chi connectivity index (χ0v) is 19.3. The summed E-state index contributed by atoms with van der Waals surface area (Å²) in [5.74, 6) is -29.7. The molecule has 0 radical (unpaired) electrons. The highest BCUT2D eigenvalue weighted by Gasteiger charge is 2.94. The summed E-state index contributed by atoms with van der Waals surface area (Å²) in [5.41, 5.74) is 0. The summed E-state index contributed by atoms with van der Waals surface area (Å²) >= 11 is 0. The van der Waals surface area contributed by atoms with Gasteiger partial charge in [0.15, 0.2) is 0 Å². The van der Waals surface area contributed by atoms with Crippen LogP contribution in [0.15, 0.2) is 0 Å². The summed E-state index contributed by atoms with van der Waals surface area (Å²) in [4.78, 5) is 0. The van der Waals surface area contributed by atoms with Crippen LogP contribution < -0.4 is 0 Å². The molecule has 0 aliphatic carbocycles. The topological polar surface area (TPSA) is 62.0 Å². The first kappa shape index (κ1) is 40.1. The van der Waals surface area contributed by atoms with Gasteiger partial charge in [-0.25, -0.2) is 9.47 Å². The molecular formula is C14F26O6. The van der Waals surface area contributed by atoms with Crippen molar-refractivity contribution in [3.63, 3.8) is 0 Å². The van der Waals surface area contributed by atoms with E-state index in [0.717, 1.165) is 9.47 Å². The van der Waals surface area contributed by atoms with E-state index < -0.39 is 84.6 Å². The Labute approximate surface area is 228 Å². The second kappa shape index (κ2) is 9.77. The lowest BCUT2D eigenvalue weighted by Gasteiger charge is -2.41. The molecule has 0 N–H and O–H groups in total. The molecule has 4 atom stereocenters. The number of rotatable bonds is 13. The fourth-order valence-corrected chi connectivity index (χ4v) is 2.38. The largest absolute Gasteiger partial charge is 0.458 e. The molecule has 2 fully saturated rings. The van der Waals surface area contributed by atoms with Crippen molar-refractivity contribution in [3.8, 4) is 0 Å². The summed E-state index contributed by atoms with van der Waals surface area (Å²) in [6.45, 7) is 0. The van der Waals surface area contributed by atoms with Crippen molar-refractivity contribution < 1.29 is 143 Å². The molecule has 46 heavy (non-hydrogen) atoms. The van der Waals surface area contributed by atoms with E-state index in [0.29, 0.717) is 0 Å². The molecule has 0 bridgehead atoms. The van der Waals surface area contributed by atoms with Crippen LogP contribution in [0.2, 0.25) is 0 Å². The summed E-state index contributed by atoms with van der Waals surface area (Å²) in [6, 6.07) is 0. The third kappa shape index (κ3) is 5.71. The van der Waals surface area contributed by atoms with Gasteiger partial charge in [-0.15, -0.1) is 0 Å². The number of hydrogen-bond donors (Lipinski definition) is 0. The van der Waals surface area contributed by atoms with E-state index in [2.05, 4.69) is 9.47 Å². The minimum Gasteiger partial charge on any atom is -0.263 e. The SMILES string of the molecule is FC(F)(F)C(F)(OC(F)(F)C(F)(F)OC(F)(C(F)(F)F)C(F)(F)OC(F)(F)C1(F)OC1(F)F)C(F)(F)OC(F)(F)C1(F)OC1(F)F. The van der Waals surface area contributed by atoms with Crippen LogP contribution in [0.4, 0.5) is 114 Å². The van der Waals surface area contributed by atoms with Crippen molar-refractivity contribution in [1.82, 2.24) is 0 Å². The van der Waals surface area contributed by atoms with Crippen molar-refractivity contribution >= 4 is 0 Å². The van der Waals surface area contributed by atoms with E-state index >= 15 is 0 Å². The van der Waals surface area contributed by atoms with Crippen molar-refractivity contribution in [1.29, 1.82) is 0 Å². The summed E-state index contributed by atoms with van der Waals surface area (Å²) < 4.78 is 354. The molecule has 0 spiro atoms. The van der Waals surface area contributed by atoms with Crippen LogP contribution in [0.25, 0.3) is 0 Å².